The number of rotatable bonds is 6. The summed E-state index contributed by atoms with van der Waals surface area (Å²) in [4.78, 5) is 39.1. The summed E-state index contributed by atoms with van der Waals surface area (Å²) in [6, 6.07) is 17.1. The molecule has 3 aromatic rings. The van der Waals surface area contributed by atoms with Crippen LogP contribution in [0.1, 0.15) is 32.8 Å². The third-order valence-corrected chi connectivity index (χ3v) is 7.58. The zero-order valence-corrected chi connectivity index (χ0v) is 20.0. The maximum atomic E-state index is 14.1. The minimum absolute atomic E-state index is 0.0462. The monoisotopic (exact) mass is 476 g/mol. The van der Waals surface area contributed by atoms with Gasteiger partial charge in [0.2, 0.25) is 5.91 Å². The Balaban J connectivity index is 1.47. The van der Waals surface area contributed by atoms with Crippen LogP contribution in [0.4, 0.5) is 5.82 Å². The summed E-state index contributed by atoms with van der Waals surface area (Å²) < 4.78 is 5.32. The van der Waals surface area contributed by atoms with Gasteiger partial charge < -0.3 is 19.4 Å². The lowest BCUT2D eigenvalue weighted by molar-refractivity contribution is -0.135. The Kier molecular flexibility index (Phi) is 6.60. The average Bonchev–Trinajstić information content (AvgIpc) is 3.43. The third kappa shape index (κ3) is 4.19. The summed E-state index contributed by atoms with van der Waals surface area (Å²) in [5, 5.41) is 2.00. The van der Waals surface area contributed by atoms with Crippen molar-refractivity contribution in [2.75, 3.05) is 51.3 Å². The highest BCUT2D eigenvalue weighted by molar-refractivity contribution is 7.10. The van der Waals surface area contributed by atoms with Crippen molar-refractivity contribution in [1.29, 1.82) is 0 Å². The molecule has 0 bridgehead atoms. The van der Waals surface area contributed by atoms with Gasteiger partial charge in [-0.25, -0.2) is 4.98 Å². The predicted molar refractivity (Wildman–Crippen MR) is 132 cm³/mol. The highest BCUT2D eigenvalue weighted by atomic mass is 32.1. The maximum absolute atomic E-state index is 14.1. The molecule has 2 amide bonds. The number of benzene rings is 1. The van der Waals surface area contributed by atoms with Crippen LogP contribution in [0.25, 0.3) is 0 Å². The molecule has 0 unspecified atom stereocenters. The van der Waals surface area contributed by atoms with Gasteiger partial charge in [-0.1, -0.05) is 30.3 Å². The van der Waals surface area contributed by atoms with Gasteiger partial charge in [0, 0.05) is 56.5 Å². The van der Waals surface area contributed by atoms with Crippen LogP contribution in [0.15, 0.2) is 66.2 Å². The number of hydrogen-bond donors (Lipinski definition) is 0. The van der Waals surface area contributed by atoms with E-state index < -0.39 is 5.92 Å². The lowest BCUT2D eigenvalue weighted by atomic mass is 9.81. The second kappa shape index (κ2) is 9.95. The fourth-order valence-electron chi connectivity index (χ4n) is 4.96. The molecule has 1 fully saturated rings. The molecular weight excluding hydrogens is 448 g/mol. The van der Waals surface area contributed by atoms with E-state index in [-0.39, 0.29) is 17.9 Å². The fourth-order valence-corrected chi connectivity index (χ4v) is 5.84. The van der Waals surface area contributed by atoms with Crippen molar-refractivity contribution < 1.29 is 14.3 Å². The third-order valence-electron chi connectivity index (χ3n) is 6.64. The number of amides is 2. The molecule has 0 aliphatic carbocycles. The van der Waals surface area contributed by atoms with E-state index in [1.807, 2.05) is 69.8 Å². The zero-order chi connectivity index (χ0) is 23.5. The van der Waals surface area contributed by atoms with Gasteiger partial charge >= 0.3 is 0 Å². The molecule has 0 spiro atoms. The molecule has 4 heterocycles. The van der Waals surface area contributed by atoms with Gasteiger partial charge in [-0.3, -0.25) is 9.59 Å². The lowest BCUT2D eigenvalue weighted by Gasteiger charge is -2.44. The van der Waals surface area contributed by atoms with Crippen molar-refractivity contribution in [2.45, 2.75) is 12.0 Å². The van der Waals surface area contributed by atoms with E-state index in [1.54, 1.807) is 24.6 Å². The molecule has 2 aliphatic heterocycles. The molecule has 7 nitrogen and oxygen atoms in total. The van der Waals surface area contributed by atoms with Crippen LogP contribution in [0.3, 0.4) is 0 Å². The van der Waals surface area contributed by atoms with Crippen molar-refractivity contribution >= 4 is 29.0 Å². The molecule has 1 aromatic carbocycles. The molecule has 0 N–H and O–H groups in total. The molecule has 0 radical (unpaired) electrons. The number of methoxy groups -OCH3 is 1. The van der Waals surface area contributed by atoms with E-state index >= 15 is 0 Å². The van der Waals surface area contributed by atoms with E-state index in [9.17, 15) is 9.59 Å². The van der Waals surface area contributed by atoms with E-state index in [2.05, 4.69) is 9.88 Å². The minimum atomic E-state index is -0.453. The predicted octanol–water partition coefficient (Wildman–Crippen LogP) is 3.42. The highest BCUT2D eigenvalue weighted by Crippen LogP contribution is 2.45. The quantitative estimate of drug-likeness (QED) is 0.546. The first kappa shape index (κ1) is 22.6. The minimum Gasteiger partial charge on any atom is -0.383 e. The number of ether oxygens (including phenoxy) is 1. The smallest absolute Gasteiger partial charge is 0.254 e. The highest BCUT2D eigenvalue weighted by Gasteiger charge is 2.46. The number of nitrogens with zero attached hydrogens (tertiary/aromatic N) is 4. The van der Waals surface area contributed by atoms with Gasteiger partial charge in [-0.15, -0.1) is 11.3 Å². The standard InChI is InChI=1S/C26H28N4O3S/c1-33-17-16-30-24(21-9-6-18-34-21)23(19-7-2-3-8-20(19)25(30)31)26(32)29-14-12-28(13-15-29)22-10-4-5-11-27-22/h2-11,18,23-24H,12-17H2,1H3/t23-,24-/m1/s1. The number of pyridine rings is 1. The van der Waals surface area contributed by atoms with Gasteiger partial charge in [-0.05, 0) is 35.2 Å². The first-order valence-corrected chi connectivity index (χ1v) is 12.4. The van der Waals surface area contributed by atoms with Gasteiger partial charge in [0.05, 0.1) is 18.6 Å². The summed E-state index contributed by atoms with van der Waals surface area (Å²) in [5.74, 6) is 0.507. The number of thiophene rings is 1. The Hall–Kier alpha value is -3.23. The molecule has 176 valence electrons. The van der Waals surface area contributed by atoms with Crippen LogP contribution in [0, 0.1) is 0 Å². The summed E-state index contributed by atoms with van der Waals surface area (Å²) >= 11 is 1.59. The SMILES string of the molecule is COCCN1C(=O)c2ccccc2[C@@H](C(=O)N2CCN(c3ccccn3)CC2)[C@H]1c1cccs1. The second-order valence-corrected chi connectivity index (χ2v) is 9.50. The Bertz CT molecular complexity index is 1130. The first-order valence-electron chi connectivity index (χ1n) is 11.6. The van der Waals surface area contributed by atoms with Crippen LogP contribution in [0.5, 0.6) is 0 Å². The molecule has 2 atom stereocenters. The van der Waals surface area contributed by atoms with Crippen molar-refractivity contribution in [2.24, 2.45) is 0 Å². The second-order valence-electron chi connectivity index (χ2n) is 8.52. The molecule has 1 saturated heterocycles. The van der Waals surface area contributed by atoms with Crippen molar-refractivity contribution in [3.05, 3.63) is 82.2 Å². The molecule has 34 heavy (non-hydrogen) atoms. The summed E-state index contributed by atoms with van der Waals surface area (Å²) in [6.07, 6.45) is 1.79. The van der Waals surface area contributed by atoms with Crippen LogP contribution in [-0.2, 0) is 9.53 Å². The molecule has 5 rings (SSSR count). The Labute approximate surface area is 203 Å². The number of fused-ring (bicyclic) bond motifs is 1. The number of carbonyl (C=O) groups excluding carboxylic acids is 2. The Morgan fingerprint density at radius 2 is 1.85 bits per heavy atom. The van der Waals surface area contributed by atoms with Gasteiger partial charge in [0.25, 0.3) is 5.91 Å². The molecular formula is C26H28N4O3S. The molecule has 0 saturated carbocycles. The van der Waals surface area contributed by atoms with Gasteiger partial charge in [0.1, 0.15) is 5.82 Å². The summed E-state index contributed by atoms with van der Waals surface area (Å²) in [7, 11) is 1.63. The Morgan fingerprint density at radius 3 is 2.56 bits per heavy atom. The number of hydrogen-bond acceptors (Lipinski definition) is 6. The van der Waals surface area contributed by atoms with Crippen LogP contribution < -0.4 is 4.90 Å². The molecule has 8 heteroatoms. The Morgan fingerprint density at radius 1 is 1.06 bits per heavy atom. The zero-order valence-electron chi connectivity index (χ0n) is 19.2. The van der Waals surface area contributed by atoms with Crippen LogP contribution in [0.2, 0.25) is 0 Å². The number of carbonyl (C=O) groups is 2. The van der Waals surface area contributed by atoms with Gasteiger partial charge in [0.15, 0.2) is 0 Å². The van der Waals surface area contributed by atoms with E-state index in [0.717, 1.165) is 29.3 Å². The van der Waals surface area contributed by atoms with E-state index in [4.69, 9.17) is 4.74 Å². The first-order chi connectivity index (χ1) is 16.7. The largest absolute Gasteiger partial charge is 0.383 e. The van der Waals surface area contributed by atoms with E-state index in [1.165, 1.54) is 0 Å². The number of anilines is 1. The fraction of sp³-hybridized carbons (Fsp3) is 0.346. The van der Waals surface area contributed by atoms with Crippen LogP contribution >= 0.6 is 11.3 Å². The number of aromatic nitrogens is 1. The topological polar surface area (TPSA) is 66.0 Å². The van der Waals surface area contributed by atoms with E-state index in [0.29, 0.717) is 31.8 Å². The van der Waals surface area contributed by atoms with Gasteiger partial charge in [-0.2, -0.15) is 0 Å². The van der Waals surface area contributed by atoms with Crippen molar-refractivity contribution in [3.63, 3.8) is 0 Å². The van der Waals surface area contributed by atoms with Crippen molar-refractivity contribution in [3.8, 4) is 0 Å². The summed E-state index contributed by atoms with van der Waals surface area (Å²) in [6.45, 7) is 3.55. The lowest BCUT2D eigenvalue weighted by Crippen LogP contribution is -2.53. The van der Waals surface area contributed by atoms with Crippen molar-refractivity contribution in [1.82, 2.24) is 14.8 Å². The molecule has 2 aliphatic rings. The summed E-state index contributed by atoms with van der Waals surface area (Å²) in [5.41, 5.74) is 1.42. The van der Waals surface area contributed by atoms with Crippen LogP contribution in [-0.4, -0.2) is 73.0 Å². The maximum Gasteiger partial charge on any atom is 0.254 e. The average molecular weight is 477 g/mol. The molecule has 2 aromatic heterocycles. The number of piperazine rings is 1. The normalized spacial score (nSPS) is 20.4.